The van der Waals surface area contributed by atoms with E-state index in [4.69, 9.17) is 5.73 Å². The smallest absolute Gasteiger partial charge is 0.261 e. The highest BCUT2D eigenvalue weighted by Crippen LogP contribution is 2.20. The molecule has 0 heterocycles. The van der Waals surface area contributed by atoms with Crippen LogP contribution in [0.25, 0.3) is 0 Å². The van der Waals surface area contributed by atoms with Crippen LogP contribution >= 0.6 is 0 Å². The third-order valence-electron chi connectivity index (χ3n) is 2.94. The SMILES string of the molecule is CCCc1ccc(S(=O)(=O)Nc2cc(N)cc(F)c2)cc1. The highest BCUT2D eigenvalue weighted by Gasteiger charge is 2.14. The van der Waals surface area contributed by atoms with Crippen molar-refractivity contribution >= 4 is 21.4 Å². The van der Waals surface area contributed by atoms with Crippen LogP contribution in [-0.2, 0) is 16.4 Å². The predicted molar refractivity (Wildman–Crippen MR) is 82.1 cm³/mol. The van der Waals surface area contributed by atoms with Crippen LogP contribution in [0.15, 0.2) is 47.4 Å². The van der Waals surface area contributed by atoms with E-state index in [1.165, 1.54) is 18.2 Å². The molecule has 0 radical (unpaired) electrons. The Balaban J connectivity index is 2.25. The summed E-state index contributed by atoms with van der Waals surface area (Å²) in [6, 6.07) is 10.2. The van der Waals surface area contributed by atoms with Crippen LogP contribution in [0.4, 0.5) is 15.8 Å². The molecule has 2 aromatic carbocycles. The van der Waals surface area contributed by atoms with E-state index in [1.54, 1.807) is 12.1 Å². The Morgan fingerprint density at radius 2 is 1.81 bits per heavy atom. The highest BCUT2D eigenvalue weighted by molar-refractivity contribution is 7.92. The molecule has 0 aliphatic carbocycles. The molecule has 0 atom stereocenters. The molecule has 0 aliphatic rings. The summed E-state index contributed by atoms with van der Waals surface area (Å²) in [6.45, 7) is 2.06. The highest BCUT2D eigenvalue weighted by atomic mass is 32.2. The van der Waals surface area contributed by atoms with Gasteiger partial charge in [0.05, 0.1) is 10.6 Å². The topological polar surface area (TPSA) is 72.2 Å². The number of nitrogens with two attached hydrogens (primary N) is 1. The van der Waals surface area contributed by atoms with E-state index in [2.05, 4.69) is 11.6 Å². The number of anilines is 2. The molecule has 0 aromatic heterocycles. The van der Waals surface area contributed by atoms with Crippen molar-refractivity contribution in [1.82, 2.24) is 0 Å². The van der Waals surface area contributed by atoms with E-state index >= 15 is 0 Å². The van der Waals surface area contributed by atoms with Gasteiger partial charge in [0.15, 0.2) is 0 Å². The first-order valence-corrected chi connectivity index (χ1v) is 8.07. The number of halogens is 1. The number of hydrogen-bond acceptors (Lipinski definition) is 3. The molecule has 21 heavy (non-hydrogen) atoms. The molecule has 6 heteroatoms. The standard InChI is InChI=1S/C15H17FN2O2S/c1-2-3-11-4-6-15(7-5-11)21(19,20)18-14-9-12(16)8-13(17)10-14/h4-10,18H,2-3,17H2,1H3. The van der Waals surface area contributed by atoms with Crippen LogP contribution in [-0.4, -0.2) is 8.42 Å². The summed E-state index contributed by atoms with van der Waals surface area (Å²) in [5, 5.41) is 0. The minimum Gasteiger partial charge on any atom is -0.399 e. The summed E-state index contributed by atoms with van der Waals surface area (Å²) >= 11 is 0. The van der Waals surface area contributed by atoms with Gasteiger partial charge >= 0.3 is 0 Å². The van der Waals surface area contributed by atoms with Gasteiger partial charge in [-0.05, 0) is 42.3 Å². The largest absolute Gasteiger partial charge is 0.399 e. The van der Waals surface area contributed by atoms with Gasteiger partial charge in [-0.1, -0.05) is 25.5 Å². The lowest BCUT2D eigenvalue weighted by molar-refractivity contribution is 0.601. The van der Waals surface area contributed by atoms with Crippen LogP contribution in [0, 0.1) is 5.82 Å². The van der Waals surface area contributed by atoms with Gasteiger partial charge in [0.2, 0.25) is 0 Å². The third-order valence-corrected chi connectivity index (χ3v) is 4.34. The molecule has 2 aromatic rings. The van der Waals surface area contributed by atoms with E-state index in [1.807, 2.05) is 0 Å². The molecule has 3 N–H and O–H groups in total. The maximum Gasteiger partial charge on any atom is 0.261 e. The Kier molecular flexibility index (Phi) is 4.47. The van der Waals surface area contributed by atoms with Crippen LogP contribution in [0.5, 0.6) is 0 Å². The summed E-state index contributed by atoms with van der Waals surface area (Å²) in [5.41, 5.74) is 6.83. The van der Waals surface area contributed by atoms with E-state index in [0.717, 1.165) is 30.5 Å². The van der Waals surface area contributed by atoms with Crippen LogP contribution in [0.3, 0.4) is 0 Å². The third kappa shape index (κ3) is 3.95. The van der Waals surface area contributed by atoms with Gasteiger partial charge in [0.25, 0.3) is 10.0 Å². The Morgan fingerprint density at radius 3 is 2.38 bits per heavy atom. The van der Waals surface area contributed by atoms with Gasteiger partial charge < -0.3 is 5.73 Å². The molecule has 0 saturated carbocycles. The Bertz CT molecular complexity index is 708. The fraction of sp³-hybridized carbons (Fsp3) is 0.200. The first kappa shape index (κ1) is 15.3. The van der Waals surface area contributed by atoms with E-state index in [9.17, 15) is 12.8 Å². The Labute approximate surface area is 123 Å². The lowest BCUT2D eigenvalue weighted by Crippen LogP contribution is -2.13. The second-order valence-corrected chi connectivity index (χ2v) is 6.46. The summed E-state index contributed by atoms with van der Waals surface area (Å²) in [7, 11) is -3.75. The van der Waals surface area contributed by atoms with Crippen molar-refractivity contribution in [3.63, 3.8) is 0 Å². The maximum atomic E-state index is 13.2. The fourth-order valence-electron chi connectivity index (χ4n) is 2.01. The number of nitrogens with one attached hydrogen (secondary N) is 1. The lowest BCUT2D eigenvalue weighted by Gasteiger charge is -2.09. The van der Waals surface area contributed by atoms with E-state index in [0.29, 0.717) is 0 Å². The van der Waals surface area contributed by atoms with Crippen molar-refractivity contribution in [2.45, 2.75) is 24.7 Å². The zero-order chi connectivity index (χ0) is 15.5. The molecular formula is C15H17FN2O2S. The van der Waals surface area contributed by atoms with Gasteiger partial charge in [-0.25, -0.2) is 12.8 Å². The van der Waals surface area contributed by atoms with Crippen LogP contribution < -0.4 is 10.5 Å². The Morgan fingerprint density at radius 1 is 1.14 bits per heavy atom. The molecular weight excluding hydrogens is 291 g/mol. The van der Waals surface area contributed by atoms with Crippen molar-refractivity contribution in [3.05, 3.63) is 53.8 Å². The monoisotopic (exact) mass is 308 g/mol. The quantitative estimate of drug-likeness (QED) is 0.833. The van der Waals surface area contributed by atoms with Crippen molar-refractivity contribution in [2.75, 3.05) is 10.5 Å². The number of aryl methyl sites for hydroxylation is 1. The molecule has 0 fully saturated rings. The molecule has 0 aliphatic heterocycles. The molecule has 0 bridgehead atoms. The Hall–Kier alpha value is -2.08. The average Bonchev–Trinajstić information content (AvgIpc) is 2.38. The zero-order valence-electron chi connectivity index (χ0n) is 11.6. The fourth-order valence-corrected chi connectivity index (χ4v) is 3.05. The molecule has 112 valence electrons. The van der Waals surface area contributed by atoms with Crippen molar-refractivity contribution in [3.8, 4) is 0 Å². The minimum atomic E-state index is -3.75. The maximum absolute atomic E-state index is 13.2. The number of sulfonamides is 1. The van der Waals surface area contributed by atoms with Crippen molar-refractivity contribution < 1.29 is 12.8 Å². The van der Waals surface area contributed by atoms with Crippen molar-refractivity contribution in [1.29, 1.82) is 0 Å². The van der Waals surface area contributed by atoms with E-state index < -0.39 is 15.8 Å². The van der Waals surface area contributed by atoms with Gasteiger partial charge in [0, 0.05) is 5.69 Å². The molecule has 0 unspecified atom stereocenters. The van der Waals surface area contributed by atoms with Crippen LogP contribution in [0.1, 0.15) is 18.9 Å². The molecule has 0 spiro atoms. The van der Waals surface area contributed by atoms with Crippen molar-refractivity contribution in [2.24, 2.45) is 0 Å². The number of nitrogen functional groups attached to an aromatic ring is 1. The van der Waals surface area contributed by atoms with Gasteiger partial charge in [0.1, 0.15) is 5.82 Å². The summed E-state index contributed by atoms with van der Waals surface area (Å²) in [5.74, 6) is -0.592. The average molecular weight is 308 g/mol. The molecule has 0 amide bonds. The van der Waals surface area contributed by atoms with Gasteiger partial charge in [-0.3, -0.25) is 4.72 Å². The summed E-state index contributed by atoms with van der Waals surface area (Å²) < 4.78 is 40.0. The first-order chi connectivity index (χ1) is 9.90. The number of hydrogen-bond donors (Lipinski definition) is 2. The molecule has 4 nitrogen and oxygen atoms in total. The summed E-state index contributed by atoms with van der Waals surface area (Å²) in [4.78, 5) is 0.130. The van der Waals surface area contributed by atoms with Gasteiger partial charge in [-0.15, -0.1) is 0 Å². The number of benzene rings is 2. The van der Waals surface area contributed by atoms with Gasteiger partial charge in [-0.2, -0.15) is 0 Å². The molecule has 2 rings (SSSR count). The summed E-state index contributed by atoms with van der Waals surface area (Å²) in [6.07, 6.45) is 1.89. The van der Waals surface area contributed by atoms with Crippen LogP contribution in [0.2, 0.25) is 0 Å². The lowest BCUT2D eigenvalue weighted by atomic mass is 10.1. The normalized spacial score (nSPS) is 11.3. The first-order valence-electron chi connectivity index (χ1n) is 6.58. The second kappa shape index (κ2) is 6.13. The minimum absolute atomic E-state index is 0.102. The predicted octanol–water partition coefficient (Wildman–Crippen LogP) is 3.16. The van der Waals surface area contributed by atoms with E-state index in [-0.39, 0.29) is 16.3 Å². The second-order valence-electron chi connectivity index (χ2n) is 4.77. The number of rotatable bonds is 5. The molecule has 0 saturated heterocycles. The zero-order valence-corrected chi connectivity index (χ0v) is 12.5.